The molecule has 0 spiro atoms. The first-order valence-electron chi connectivity index (χ1n) is 5.85. The average molecular weight is 253 g/mol. The number of carbonyl (C=O) groups excluding carboxylic acids is 2. The quantitative estimate of drug-likeness (QED) is 0.819. The fourth-order valence-corrected chi connectivity index (χ4v) is 2.08. The molecule has 0 bridgehead atoms. The van der Waals surface area contributed by atoms with Crippen LogP contribution in [0.2, 0.25) is 0 Å². The van der Waals surface area contributed by atoms with Gasteiger partial charge in [-0.3, -0.25) is 14.6 Å². The average Bonchev–Trinajstić information content (AvgIpc) is 2.72. The first kappa shape index (κ1) is 11.6. The number of imide groups is 1. The third kappa shape index (κ3) is 1.71. The lowest BCUT2D eigenvalue weighted by molar-refractivity contribution is 0.0924. The Morgan fingerprint density at radius 1 is 1.05 bits per heavy atom. The molecule has 2 aromatic rings. The van der Waals surface area contributed by atoms with E-state index < -0.39 is 0 Å². The number of nitrogens with zero attached hydrogens (tertiary/aromatic N) is 2. The molecule has 0 radical (unpaired) electrons. The number of benzene rings is 1. The van der Waals surface area contributed by atoms with Crippen LogP contribution in [-0.4, -0.2) is 16.8 Å². The summed E-state index contributed by atoms with van der Waals surface area (Å²) in [4.78, 5) is 29.5. The highest BCUT2D eigenvalue weighted by Gasteiger charge is 2.37. The molecule has 0 aliphatic carbocycles. The predicted molar refractivity (Wildman–Crippen MR) is 69.7 cm³/mol. The molecule has 2 N–H and O–H groups in total. The van der Waals surface area contributed by atoms with E-state index in [1.165, 1.54) is 6.20 Å². The van der Waals surface area contributed by atoms with E-state index >= 15 is 0 Å². The zero-order chi connectivity index (χ0) is 13.4. The summed E-state index contributed by atoms with van der Waals surface area (Å²) in [5, 5.41) is 0. The van der Waals surface area contributed by atoms with Crippen molar-refractivity contribution in [1.29, 1.82) is 0 Å². The highest BCUT2D eigenvalue weighted by atomic mass is 16.2. The van der Waals surface area contributed by atoms with Crippen LogP contribution in [0.25, 0.3) is 0 Å². The Kier molecular flexibility index (Phi) is 2.61. The van der Waals surface area contributed by atoms with Crippen molar-refractivity contribution in [2.24, 2.45) is 5.73 Å². The Morgan fingerprint density at radius 2 is 1.79 bits per heavy atom. The number of hydrogen-bond acceptors (Lipinski definition) is 4. The number of nitrogens with two attached hydrogens (primary N) is 1. The molecule has 94 valence electrons. The van der Waals surface area contributed by atoms with Crippen LogP contribution in [0.4, 0.5) is 5.69 Å². The molecular weight excluding hydrogens is 242 g/mol. The molecule has 1 aliphatic rings. The summed E-state index contributed by atoms with van der Waals surface area (Å²) in [6.07, 6.45) is 1.50. The van der Waals surface area contributed by atoms with Crippen LogP contribution in [0.1, 0.15) is 26.4 Å². The Hall–Kier alpha value is -2.53. The highest BCUT2D eigenvalue weighted by molar-refractivity contribution is 6.33. The molecule has 2 amide bonds. The van der Waals surface area contributed by atoms with Crippen molar-refractivity contribution in [1.82, 2.24) is 4.98 Å². The van der Waals surface area contributed by atoms with Gasteiger partial charge in [0.05, 0.1) is 11.3 Å². The molecule has 0 unspecified atom stereocenters. The monoisotopic (exact) mass is 253 g/mol. The molecule has 1 aliphatic heterocycles. The molecule has 3 rings (SSSR count). The van der Waals surface area contributed by atoms with Gasteiger partial charge in [0, 0.05) is 12.7 Å². The first-order chi connectivity index (χ1) is 9.22. The van der Waals surface area contributed by atoms with Crippen molar-refractivity contribution in [3.8, 4) is 0 Å². The number of rotatable bonds is 2. The maximum Gasteiger partial charge on any atom is 0.284 e. The second-order valence-corrected chi connectivity index (χ2v) is 4.22. The van der Waals surface area contributed by atoms with Crippen molar-refractivity contribution in [2.75, 3.05) is 4.90 Å². The van der Waals surface area contributed by atoms with Crippen molar-refractivity contribution < 1.29 is 9.59 Å². The van der Waals surface area contributed by atoms with E-state index in [-0.39, 0.29) is 17.5 Å². The van der Waals surface area contributed by atoms with Crippen LogP contribution in [0.15, 0.2) is 42.6 Å². The minimum atomic E-state index is -0.388. The third-order valence-electron chi connectivity index (χ3n) is 3.08. The predicted octanol–water partition coefficient (Wildman–Crippen LogP) is 1.34. The molecule has 5 heteroatoms. The first-order valence-corrected chi connectivity index (χ1v) is 5.85. The van der Waals surface area contributed by atoms with Gasteiger partial charge in [-0.05, 0) is 29.8 Å². The molecule has 19 heavy (non-hydrogen) atoms. The second kappa shape index (κ2) is 4.29. The van der Waals surface area contributed by atoms with Gasteiger partial charge < -0.3 is 5.73 Å². The smallest absolute Gasteiger partial charge is 0.284 e. The number of carbonyl (C=O) groups is 2. The van der Waals surface area contributed by atoms with E-state index in [2.05, 4.69) is 4.98 Å². The lowest BCUT2D eigenvalue weighted by Gasteiger charge is -2.13. The number of aromatic nitrogens is 1. The van der Waals surface area contributed by atoms with E-state index in [4.69, 9.17) is 5.73 Å². The molecule has 2 heterocycles. The normalized spacial score (nSPS) is 13.8. The molecule has 1 aromatic carbocycles. The summed E-state index contributed by atoms with van der Waals surface area (Å²) in [5.41, 5.74) is 7.54. The van der Waals surface area contributed by atoms with E-state index in [9.17, 15) is 9.59 Å². The Morgan fingerprint density at radius 3 is 2.42 bits per heavy atom. The van der Waals surface area contributed by atoms with Gasteiger partial charge in [-0.2, -0.15) is 0 Å². The van der Waals surface area contributed by atoms with Crippen LogP contribution in [0, 0.1) is 0 Å². The third-order valence-corrected chi connectivity index (χ3v) is 3.08. The number of hydrogen-bond donors (Lipinski definition) is 1. The van der Waals surface area contributed by atoms with Crippen LogP contribution < -0.4 is 10.6 Å². The minimum Gasteiger partial charge on any atom is -0.326 e. The molecule has 0 saturated heterocycles. The number of anilines is 1. The van der Waals surface area contributed by atoms with E-state index in [0.717, 1.165) is 10.5 Å². The highest BCUT2D eigenvalue weighted by Crippen LogP contribution is 2.26. The minimum absolute atomic E-state index is 0.204. The number of pyridine rings is 1. The topological polar surface area (TPSA) is 76.3 Å². The summed E-state index contributed by atoms with van der Waals surface area (Å²) in [6, 6.07) is 10.3. The number of amides is 2. The summed E-state index contributed by atoms with van der Waals surface area (Å²) in [6.45, 7) is 0.421. The van der Waals surface area contributed by atoms with E-state index in [1.54, 1.807) is 36.4 Å². The van der Waals surface area contributed by atoms with Crippen molar-refractivity contribution in [3.05, 3.63) is 59.4 Å². The van der Waals surface area contributed by atoms with E-state index in [0.29, 0.717) is 17.8 Å². The van der Waals surface area contributed by atoms with Gasteiger partial charge in [0.15, 0.2) is 0 Å². The lowest BCUT2D eigenvalue weighted by atomic mass is 10.2. The van der Waals surface area contributed by atoms with Crippen molar-refractivity contribution in [3.63, 3.8) is 0 Å². The maximum atomic E-state index is 12.2. The van der Waals surface area contributed by atoms with Crippen LogP contribution in [-0.2, 0) is 6.54 Å². The van der Waals surface area contributed by atoms with Gasteiger partial charge in [-0.25, -0.2) is 4.90 Å². The Balaban J connectivity index is 2.03. The van der Waals surface area contributed by atoms with Gasteiger partial charge in [0.2, 0.25) is 0 Å². The molecule has 0 fully saturated rings. The van der Waals surface area contributed by atoms with Gasteiger partial charge in [0.1, 0.15) is 5.69 Å². The molecule has 5 nitrogen and oxygen atoms in total. The van der Waals surface area contributed by atoms with Gasteiger partial charge in [-0.1, -0.05) is 12.1 Å². The standard InChI is InChI=1S/C14H11N3O2/c15-8-9-3-5-10(6-4-9)17-13(18)11-2-1-7-16-12(11)14(17)19/h1-7H,8,15H2. The van der Waals surface area contributed by atoms with Gasteiger partial charge in [0.25, 0.3) is 11.8 Å². The fourth-order valence-electron chi connectivity index (χ4n) is 2.08. The SMILES string of the molecule is NCc1ccc(N2C(=O)c3cccnc3C2=O)cc1. The Labute approximate surface area is 109 Å². The molecule has 0 saturated carbocycles. The van der Waals surface area contributed by atoms with Gasteiger partial charge in [-0.15, -0.1) is 0 Å². The summed E-state index contributed by atoms with van der Waals surface area (Å²) >= 11 is 0. The van der Waals surface area contributed by atoms with Crippen LogP contribution in [0.3, 0.4) is 0 Å². The summed E-state index contributed by atoms with van der Waals surface area (Å²) in [7, 11) is 0. The zero-order valence-electron chi connectivity index (χ0n) is 10.0. The van der Waals surface area contributed by atoms with Crippen LogP contribution in [0.5, 0.6) is 0 Å². The van der Waals surface area contributed by atoms with Crippen molar-refractivity contribution >= 4 is 17.5 Å². The van der Waals surface area contributed by atoms with E-state index in [1.807, 2.05) is 0 Å². The fraction of sp³-hybridized carbons (Fsp3) is 0.0714. The second-order valence-electron chi connectivity index (χ2n) is 4.22. The number of fused-ring (bicyclic) bond motifs is 1. The molecule has 1 aromatic heterocycles. The Bertz CT molecular complexity index is 630. The largest absolute Gasteiger partial charge is 0.326 e. The summed E-state index contributed by atoms with van der Waals surface area (Å²) < 4.78 is 0. The molecule has 0 atom stereocenters. The maximum absolute atomic E-state index is 12.2. The van der Waals surface area contributed by atoms with Gasteiger partial charge >= 0.3 is 0 Å². The van der Waals surface area contributed by atoms with Crippen molar-refractivity contribution in [2.45, 2.75) is 6.54 Å². The molecular formula is C14H11N3O2. The van der Waals surface area contributed by atoms with Crippen LogP contribution >= 0.6 is 0 Å². The summed E-state index contributed by atoms with van der Waals surface area (Å²) in [5.74, 6) is -0.727. The zero-order valence-corrected chi connectivity index (χ0v) is 10.0. The lowest BCUT2D eigenvalue weighted by Crippen LogP contribution is -2.29.